The summed E-state index contributed by atoms with van der Waals surface area (Å²) in [6, 6.07) is 25.0. The van der Waals surface area contributed by atoms with E-state index in [4.69, 9.17) is 4.74 Å². The molecule has 3 aromatic rings. The van der Waals surface area contributed by atoms with Crippen LogP contribution in [0.2, 0.25) is 0 Å². The van der Waals surface area contributed by atoms with Gasteiger partial charge in [0.1, 0.15) is 5.75 Å². The van der Waals surface area contributed by atoms with Crippen LogP contribution in [0.3, 0.4) is 0 Å². The van der Waals surface area contributed by atoms with Gasteiger partial charge in [0.2, 0.25) is 5.91 Å². The minimum atomic E-state index is -0.181. The molecular formula is C35H41N3O3. The number of likely N-dealkylation sites (N-methyl/N-ethyl adjacent to an activating group) is 1. The Morgan fingerprint density at radius 1 is 0.927 bits per heavy atom. The van der Waals surface area contributed by atoms with Gasteiger partial charge in [-0.2, -0.15) is 0 Å². The molecule has 214 valence electrons. The molecule has 2 heterocycles. The fourth-order valence-electron chi connectivity index (χ4n) is 5.84. The zero-order chi connectivity index (χ0) is 28.9. The first-order valence-electron chi connectivity index (χ1n) is 14.6. The topological polar surface area (TPSA) is 61.9 Å². The quantitative estimate of drug-likeness (QED) is 0.408. The van der Waals surface area contributed by atoms with E-state index in [0.717, 1.165) is 35.3 Å². The molecule has 0 radical (unpaired) electrons. The van der Waals surface area contributed by atoms with Gasteiger partial charge in [-0.1, -0.05) is 60.7 Å². The predicted octanol–water partition coefficient (Wildman–Crippen LogP) is 4.97. The minimum absolute atomic E-state index is 0.0307. The van der Waals surface area contributed by atoms with E-state index in [1.54, 1.807) is 6.92 Å². The fraction of sp³-hybridized carbons (Fsp3) is 0.371. The van der Waals surface area contributed by atoms with Crippen LogP contribution < -0.4 is 10.1 Å². The number of nitrogens with one attached hydrogen (secondary N) is 1. The monoisotopic (exact) mass is 551 g/mol. The van der Waals surface area contributed by atoms with Gasteiger partial charge < -0.3 is 19.9 Å². The van der Waals surface area contributed by atoms with Crippen molar-refractivity contribution in [3.63, 3.8) is 0 Å². The largest absolute Gasteiger partial charge is 0.493 e. The molecule has 0 spiro atoms. The summed E-state index contributed by atoms with van der Waals surface area (Å²) in [7, 11) is 1.88. The highest BCUT2D eigenvalue weighted by molar-refractivity contribution is 6.03. The summed E-state index contributed by atoms with van der Waals surface area (Å²) in [5, 5.41) is 3.64. The first-order chi connectivity index (χ1) is 19.8. The number of nitrogens with zero attached hydrogens (tertiary/aromatic N) is 2. The molecule has 1 fully saturated rings. The maximum absolute atomic E-state index is 14.0. The van der Waals surface area contributed by atoms with E-state index in [2.05, 4.69) is 67.7 Å². The maximum Gasteiger partial charge on any atom is 0.251 e. The third-order valence-electron chi connectivity index (χ3n) is 8.45. The second-order valence-corrected chi connectivity index (χ2v) is 11.4. The highest BCUT2D eigenvalue weighted by Crippen LogP contribution is 2.34. The number of carbonyl (C=O) groups is 2. The zero-order valence-electron chi connectivity index (χ0n) is 24.7. The van der Waals surface area contributed by atoms with Gasteiger partial charge in [0, 0.05) is 51.6 Å². The van der Waals surface area contributed by atoms with E-state index in [1.165, 1.54) is 22.3 Å². The molecule has 41 heavy (non-hydrogen) atoms. The summed E-state index contributed by atoms with van der Waals surface area (Å²) in [5.41, 5.74) is 7.86. The fourth-order valence-corrected chi connectivity index (χ4v) is 5.84. The van der Waals surface area contributed by atoms with Crippen molar-refractivity contribution in [2.24, 2.45) is 0 Å². The van der Waals surface area contributed by atoms with Gasteiger partial charge in [-0.3, -0.25) is 9.59 Å². The third-order valence-corrected chi connectivity index (χ3v) is 8.45. The van der Waals surface area contributed by atoms with E-state index >= 15 is 0 Å². The van der Waals surface area contributed by atoms with Crippen molar-refractivity contribution in [2.75, 3.05) is 33.3 Å². The molecule has 2 atom stereocenters. The van der Waals surface area contributed by atoms with Crippen LogP contribution in [-0.4, -0.2) is 67.0 Å². The van der Waals surface area contributed by atoms with Crippen LogP contribution in [0.1, 0.15) is 41.2 Å². The maximum atomic E-state index is 14.0. The Morgan fingerprint density at radius 3 is 2.37 bits per heavy atom. The molecule has 5 rings (SSSR count). The lowest BCUT2D eigenvalue weighted by Gasteiger charge is -2.44. The highest BCUT2D eigenvalue weighted by atomic mass is 16.5. The Labute approximate surface area is 244 Å². The number of ether oxygens (including phenoxy) is 1. The Balaban J connectivity index is 1.33. The Hall–Kier alpha value is -3.90. The molecule has 0 aliphatic carbocycles. The molecule has 2 bridgehead atoms. The van der Waals surface area contributed by atoms with Crippen molar-refractivity contribution < 1.29 is 14.3 Å². The third kappa shape index (κ3) is 6.88. The summed E-state index contributed by atoms with van der Waals surface area (Å²) in [6.07, 6.45) is 2.31. The minimum Gasteiger partial charge on any atom is -0.493 e. The number of hydrogen-bond acceptors (Lipinski definition) is 4. The zero-order valence-corrected chi connectivity index (χ0v) is 24.7. The van der Waals surface area contributed by atoms with Crippen LogP contribution in [0.5, 0.6) is 5.75 Å². The normalized spacial score (nSPS) is 18.3. The molecule has 6 heteroatoms. The van der Waals surface area contributed by atoms with E-state index in [1.807, 2.05) is 41.1 Å². The molecule has 6 nitrogen and oxygen atoms in total. The molecule has 2 aliphatic heterocycles. The number of aryl methyl sites for hydroxylation is 2. The molecule has 1 N–H and O–H groups in total. The lowest BCUT2D eigenvalue weighted by atomic mass is 9.82. The molecule has 0 aromatic heterocycles. The van der Waals surface area contributed by atoms with Gasteiger partial charge in [-0.25, -0.2) is 0 Å². The number of piperazine rings is 1. The van der Waals surface area contributed by atoms with Crippen molar-refractivity contribution in [1.82, 2.24) is 15.1 Å². The van der Waals surface area contributed by atoms with Gasteiger partial charge >= 0.3 is 0 Å². The number of carbonyl (C=O) groups excluding carboxylic acids is 2. The molecular weight excluding hydrogens is 510 g/mol. The van der Waals surface area contributed by atoms with Crippen LogP contribution in [-0.2, 0) is 22.4 Å². The second-order valence-electron chi connectivity index (χ2n) is 11.4. The molecule has 2 aliphatic rings. The Morgan fingerprint density at radius 2 is 1.66 bits per heavy atom. The lowest BCUT2D eigenvalue weighted by molar-refractivity contribution is -0.132. The van der Waals surface area contributed by atoms with Crippen molar-refractivity contribution >= 4 is 17.4 Å². The Bertz CT molecular complexity index is 1410. The van der Waals surface area contributed by atoms with E-state index in [0.29, 0.717) is 32.7 Å². The van der Waals surface area contributed by atoms with Crippen molar-refractivity contribution in [1.29, 1.82) is 0 Å². The number of hydrogen-bond donors (Lipinski definition) is 1. The summed E-state index contributed by atoms with van der Waals surface area (Å²) in [5.74, 6) is 0.986. The first kappa shape index (κ1) is 28.6. The number of benzene rings is 3. The summed E-state index contributed by atoms with van der Waals surface area (Å²) in [6.45, 7) is 8.23. The predicted molar refractivity (Wildman–Crippen MR) is 164 cm³/mol. The molecule has 1 saturated heterocycles. The number of rotatable bonds is 9. The SMILES string of the molecule is CC(=O)N1CC2CC(c3ccc(CCOc4ccc(C)c(C)c4)cc3)=C(C(=O)N(C)CCc3ccccc3)[C@@H](C1)N2. The van der Waals surface area contributed by atoms with E-state index in [-0.39, 0.29) is 23.9 Å². The average Bonchev–Trinajstić information content (AvgIpc) is 2.98. The van der Waals surface area contributed by atoms with Crippen LogP contribution in [0.25, 0.3) is 5.57 Å². The van der Waals surface area contributed by atoms with Crippen molar-refractivity contribution in [2.45, 2.75) is 52.1 Å². The number of amides is 2. The summed E-state index contributed by atoms with van der Waals surface area (Å²) in [4.78, 5) is 30.0. The van der Waals surface area contributed by atoms with Gasteiger partial charge in [0.25, 0.3) is 5.91 Å². The average molecular weight is 552 g/mol. The second kappa shape index (κ2) is 12.7. The molecule has 1 unspecified atom stereocenters. The molecule has 3 aromatic carbocycles. The van der Waals surface area contributed by atoms with Gasteiger partial charge in [0.05, 0.1) is 12.6 Å². The van der Waals surface area contributed by atoms with Crippen LogP contribution in [0.15, 0.2) is 78.4 Å². The smallest absolute Gasteiger partial charge is 0.251 e. The molecule has 2 amide bonds. The lowest BCUT2D eigenvalue weighted by Crippen LogP contribution is -2.61. The van der Waals surface area contributed by atoms with Gasteiger partial charge in [-0.15, -0.1) is 0 Å². The summed E-state index contributed by atoms with van der Waals surface area (Å²) < 4.78 is 6.00. The number of fused-ring (bicyclic) bond motifs is 2. The Kier molecular flexibility index (Phi) is 8.89. The van der Waals surface area contributed by atoms with Crippen LogP contribution >= 0.6 is 0 Å². The van der Waals surface area contributed by atoms with Crippen LogP contribution in [0.4, 0.5) is 0 Å². The van der Waals surface area contributed by atoms with Crippen molar-refractivity contribution in [3.8, 4) is 5.75 Å². The van der Waals surface area contributed by atoms with Gasteiger partial charge in [0.15, 0.2) is 0 Å². The van der Waals surface area contributed by atoms with E-state index in [9.17, 15) is 9.59 Å². The standard InChI is InChI=1S/C35H41N3O3/c1-24-10-15-31(20-25(24)2)41-19-17-28-11-13-29(14-12-28)32-21-30-22-38(26(3)39)23-33(36-30)34(32)35(40)37(4)18-16-27-8-6-5-7-9-27/h5-15,20,30,33,36H,16-19,21-23H2,1-4H3/t30?,33-/m1/s1. The molecule has 0 saturated carbocycles. The highest BCUT2D eigenvalue weighted by Gasteiger charge is 2.39. The van der Waals surface area contributed by atoms with Crippen molar-refractivity contribution in [3.05, 3.63) is 106 Å². The van der Waals surface area contributed by atoms with Crippen LogP contribution in [0, 0.1) is 13.8 Å². The first-order valence-corrected chi connectivity index (χ1v) is 14.6. The summed E-state index contributed by atoms with van der Waals surface area (Å²) >= 11 is 0. The van der Waals surface area contributed by atoms with E-state index < -0.39 is 0 Å². The van der Waals surface area contributed by atoms with Gasteiger partial charge in [-0.05, 0) is 72.2 Å².